The lowest BCUT2D eigenvalue weighted by Gasteiger charge is -1.85. The van der Waals surface area contributed by atoms with Crippen LogP contribution < -0.4 is 4.57 Å². The quantitative estimate of drug-likeness (QED) is 0.489. The first-order valence-corrected chi connectivity index (χ1v) is 4.02. The standard InChI is InChI=1S/C6H7N2S/c1-2-8-5-9-4-6(8)3-7-1/h1-3H,4-5H2/q+1. The summed E-state index contributed by atoms with van der Waals surface area (Å²) in [5.74, 6) is 2.21. The van der Waals surface area contributed by atoms with E-state index in [9.17, 15) is 0 Å². The fourth-order valence-electron chi connectivity index (χ4n) is 0.913. The highest BCUT2D eigenvalue weighted by atomic mass is 32.2. The number of nitrogens with zero attached hydrogens (tertiary/aromatic N) is 2. The summed E-state index contributed by atoms with van der Waals surface area (Å²) in [6.45, 7) is 0. The van der Waals surface area contributed by atoms with E-state index in [1.165, 1.54) is 5.69 Å². The molecule has 2 heterocycles. The second-order valence-electron chi connectivity index (χ2n) is 2.01. The molecule has 46 valence electrons. The van der Waals surface area contributed by atoms with Crippen LogP contribution in [0.15, 0.2) is 18.6 Å². The summed E-state index contributed by atoms with van der Waals surface area (Å²) >= 11 is 1.93. The molecule has 0 radical (unpaired) electrons. The smallest absolute Gasteiger partial charge is 0.210 e. The second-order valence-corrected chi connectivity index (χ2v) is 2.97. The fourth-order valence-corrected chi connectivity index (χ4v) is 1.90. The summed E-state index contributed by atoms with van der Waals surface area (Å²) in [4.78, 5) is 4.02. The average Bonchev–Trinajstić information content (AvgIpc) is 2.33. The van der Waals surface area contributed by atoms with E-state index in [0.29, 0.717) is 0 Å². The Hall–Kier alpha value is -0.570. The van der Waals surface area contributed by atoms with E-state index in [0.717, 1.165) is 11.6 Å². The minimum atomic E-state index is 1.10. The largest absolute Gasteiger partial charge is 0.252 e. The summed E-state index contributed by atoms with van der Waals surface area (Å²) in [6, 6.07) is 0. The lowest BCUT2D eigenvalue weighted by Crippen LogP contribution is -2.31. The molecule has 1 aromatic rings. The zero-order valence-corrected chi connectivity index (χ0v) is 5.77. The van der Waals surface area contributed by atoms with Gasteiger partial charge in [-0.2, -0.15) is 4.57 Å². The number of aromatic nitrogens is 2. The molecule has 0 N–H and O–H groups in total. The summed E-state index contributed by atoms with van der Waals surface area (Å²) in [7, 11) is 0. The Labute approximate surface area is 57.9 Å². The molecule has 9 heavy (non-hydrogen) atoms. The van der Waals surface area contributed by atoms with Crippen LogP contribution in [-0.4, -0.2) is 4.98 Å². The molecular weight excluding hydrogens is 132 g/mol. The molecule has 2 rings (SSSR count). The van der Waals surface area contributed by atoms with Crippen LogP contribution in [-0.2, 0) is 11.6 Å². The summed E-state index contributed by atoms with van der Waals surface area (Å²) in [5.41, 5.74) is 1.34. The molecule has 3 heteroatoms. The van der Waals surface area contributed by atoms with Crippen LogP contribution in [0.5, 0.6) is 0 Å². The third kappa shape index (κ3) is 0.812. The van der Waals surface area contributed by atoms with E-state index in [4.69, 9.17) is 0 Å². The maximum Gasteiger partial charge on any atom is 0.210 e. The molecule has 0 fully saturated rings. The highest BCUT2D eigenvalue weighted by Crippen LogP contribution is 2.13. The minimum Gasteiger partial charge on any atom is -0.252 e. The minimum absolute atomic E-state index is 1.10. The van der Waals surface area contributed by atoms with Gasteiger partial charge in [-0.05, 0) is 0 Å². The van der Waals surface area contributed by atoms with Crippen LogP contribution in [0.3, 0.4) is 0 Å². The van der Waals surface area contributed by atoms with E-state index in [-0.39, 0.29) is 0 Å². The van der Waals surface area contributed by atoms with Gasteiger partial charge in [0.25, 0.3) is 0 Å². The monoisotopic (exact) mass is 139 g/mol. The van der Waals surface area contributed by atoms with Crippen molar-refractivity contribution in [1.29, 1.82) is 0 Å². The molecular formula is C6H7N2S+. The Kier molecular flexibility index (Phi) is 1.16. The van der Waals surface area contributed by atoms with Crippen molar-refractivity contribution >= 4 is 11.8 Å². The first-order valence-electron chi connectivity index (χ1n) is 2.87. The van der Waals surface area contributed by atoms with Crippen LogP contribution in [0.1, 0.15) is 5.69 Å². The molecule has 1 aliphatic rings. The number of thioether (sulfide) groups is 1. The van der Waals surface area contributed by atoms with Gasteiger partial charge in [0.1, 0.15) is 0 Å². The Balaban J connectivity index is 2.54. The number of rotatable bonds is 0. The first kappa shape index (κ1) is 5.23. The van der Waals surface area contributed by atoms with E-state index in [2.05, 4.69) is 9.55 Å². The third-order valence-corrected chi connectivity index (χ3v) is 2.37. The molecule has 0 bridgehead atoms. The Morgan fingerprint density at radius 2 is 2.67 bits per heavy atom. The van der Waals surface area contributed by atoms with Gasteiger partial charge in [-0.25, -0.2) is 0 Å². The van der Waals surface area contributed by atoms with Gasteiger partial charge in [-0.15, -0.1) is 0 Å². The topological polar surface area (TPSA) is 16.8 Å². The molecule has 0 aromatic carbocycles. The molecule has 1 aliphatic heterocycles. The van der Waals surface area contributed by atoms with E-state index >= 15 is 0 Å². The predicted molar refractivity (Wildman–Crippen MR) is 35.7 cm³/mol. The van der Waals surface area contributed by atoms with Gasteiger partial charge in [0.15, 0.2) is 12.1 Å². The highest BCUT2D eigenvalue weighted by molar-refractivity contribution is 7.97. The van der Waals surface area contributed by atoms with Crippen LogP contribution in [0.2, 0.25) is 0 Å². The average molecular weight is 139 g/mol. The van der Waals surface area contributed by atoms with Crippen LogP contribution in [0.4, 0.5) is 0 Å². The van der Waals surface area contributed by atoms with Gasteiger partial charge in [-0.3, -0.25) is 4.98 Å². The van der Waals surface area contributed by atoms with Crippen molar-refractivity contribution < 1.29 is 4.57 Å². The highest BCUT2D eigenvalue weighted by Gasteiger charge is 2.16. The fraction of sp³-hybridized carbons (Fsp3) is 0.333. The Morgan fingerprint density at radius 3 is 3.56 bits per heavy atom. The lowest BCUT2D eigenvalue weighted by molar-refractivity contribution is -0.678. The molecule has 0 unspecified atom stereocenters. The van der Waals surface area contributed by atoms with Gasteiger partial charge < -0.3 is 0 Å². The van der Waals surface area contributed by atoms with Crippen LogP contribution in [0.25, 0.3) is 0 Å². The van der Waals surface area contributed by atoms with Gasteiger partial charge in [0.2, 0.25) is 5.69 Å². The van der Waals surface area contributed by atoms with Crippen molar-refractivity contribution in [2.75, 3.05) is 0 Å². The van der Waals surface area contributed by atoms with Crippen molar-refractivity contribution in [3.63, 3.8) is 0 Å². The summed E-state index contributed by atoms with van der Waals surface area (Å²) in [5, 5.41) is 0. The van der Waals surface area contributed by atoms with Gasteiger partial charge in [0.05, 0.1) is 18.1 Å². The van der Waals surface area contributed by atoms with Crippen molar-refractivity contribution in [1.82, 2.24) is 4.98 Å². The summed E-state index contributed by atoms with van der Waals surface area (Å²) < 4.78 is 2.22. The van der Waals surface area contributed by atoms with Gasteiger partial charge in [-0.1, -0.05) is 11.8 Å². The van der Waals surface area contributed by atoms with Crippen LogP contribution >= 0.6 is 11.8 Å². The van der Waals surface area contributed by atoms with Crippen molar-refractivity contribution in [2.24, 2.45) is 0 Å². The van der Waals surface area contributed by atoms with E-state index in [1.54, 1.807) is 0 Å². The molecule has 1 aromatic heterocycles. The zero-order chi connectivity index (χ0) is 6.10. The number of hydrogen-bond acceptors (Lipinski definition) is 2. The second kappa shape index (κ2) is 1.99. The molecule has 2 nitrogen and oxygen atoms in total. The van der Waals surface area contributed by atoms with Gasteiger partial charge >= 0.3 is 0 Å². The maximum absolute atomic E-state index is 4.02. The van der Waals surface area contributed by atoms with Crippen molar-refractivity contribution in [3.8, 4) is 0 Å². The molecule has 0 atom stereocenters. The molecule has 0 spiro atoms. The Morgan fingerprint density at radius 1 is 1.67 bits per heavy atom. The molecule has 0 saturated carbocycles. The third-order valence-electron chi connectivity index (χ3n) is 1.41. The Bertz CT molecular complexity index is 201. The summed E-state index contributed by atoms with van der Waals surface area (Å²) in [6.07, 6.45) is 5.78. The van der Waals surface area contributed by atoms with E-state index < -0.39 is 0 Å². The first-order chi connectivity index (χ1) is 4.47. The molecule has 0 saturated heterocycles. The van der Waals surface area contributed by atoms with Gasteiger partial charge in [0, 0.05) is 0 Å². The van der Waals surface area contributed by atoms with Crippen molar-refractivity contribution in [2.45, 2.75) is 11.6 Å². The number of hydrogen-bond donors (Lipinski definition) is 0. The maximum atomic E-state index is 4.02. The zero-order valence-electron chi connectivity index (χ0n) is 4.95. The van der Waals surface area contributed by atoms with Crippen LogP contribution in [0, 0.1) is 0 Å². The van der Waals surface area contributed by atoms with Crippen molar-refractivity contribution in [3.05, 3.63) is 24.3 Å². The molecule has 0 aliphatic carbocycles. The number of fused-ring (bicyclic) bond motifs is 1. The molecule has 0 amide bonds. The SMILES string of the molecule is c1c[n+]2c(cn1)CSC2. The lowest BCUT2D eigenvalue weighted by atomic mass is 10.5. The van der Waals surface area contributed by atoms with E-state index in [1.807, 2.05) is 30.4 Å². The normalized spacial score (nSPS) is 15.6. The predicted octanol–water partition coefficient (Wildman–Crippen LogP) is 0.573.